The first kappa shape index (κ1) is 11.9. The Hall–Kier alpha value is -1.20. The molecule has 0 aliphatic carbocycles. The number of fused-ring (bicyclic) bond motifs is 1. The Labute approximate surface area is 117 Å². The maximum atomic E-state index is 5.73. The molecule has 2 aromatic heterocycles. The lowest BCUT2D eigenvalue weighted by molar-refractivity contribution is 0.501. The second-order valence-electron chi connectivity index (χ2n) is 3.97. The predicted molar refractivity (Wildman–Crippen MR) is 77.1 cm³/mol. The molecule has 2 heterocycles. The first-order chi connectivity index (χ1) is 8.79. The van der Waals surface area contributed by atoms with Gasteiger partial charge in [0, 0.05) is 15.5 Å². The molecule has 3 aromatic rings. The lowest BCUT2D eigenvalue weighted by Crippen LogP contribution is -1.86. The lowest BCUT2D eigenvalue weighted by Gasteiger charge is -1.97. The van der Waals surface area contributed by atoms with E-state index < -0.39 is 0 Å². The first-order valence-electron chi connectivity index (χ1n) is 5.73. The molecule has 0 aliphatic rings. The van der Waals surface area contributed by atoms with Gasteiger partial charge in [0.2, 0.25) is 11.8 Å². The first-order valence-corrected chi connectivity index (χ1v) is 7.53. The van der Waals surface area contributed by atoms with Crippen molar-refractivity contribution in [1.82, 2.24) is 10.2 Å². The standard InChI is InChI=1S/C13H11BrN2OS/c1-2-10(14)13-16-15-12(17-13)9-7-18-11-6-4-3-5-8(9)11/h3-7,10H,2H2,1H3. The number of rotatable bonds is 3. The van der Waals surface area contributed by atoms with Crippen LogP contribution in [0.4, 0.5) is 0 Å². The Morgan fingerprint density at radius 2 is 2.17 bits per heavy atom. The van der Waals surface area contributed by atoms with Gasteiger partial charge in [-0.25, -0.2) is 0 Å². The summed E-state index contributed by atoms with van der Waals surface area (Å²) in [5.74, 6) is 1.24. The fraction of sp³-hybridized carbons (Fsp3) is 0.231. The van der Waals surface area contributed by atoms with Crippen molar-refractivity contribution in [3.05, 3.63) is 35.5 Å². The van der Waals surface area contributed by atoms with E-state index >= 15 is 0 Å². The summed E-state index contributed by atoms with van der Waals surface area (Å²) in [7, 11) is 0. The normalized spacial score (nSPS) is 13.0. The fourth-order valence-electron chi connectivity index (χ4n) is 1.79. The van der Waals surface area contributed by atoms with Gasteiger partial charge in [0.15, 0.2) is 0 Å². The van der Waals surface area contributed by atoms with Crippen LogP contribution in [0.25, 0.3) is 21.5 Å². The van der Waals surface area contributed by atoms with Crippen molar-refractivity contribution >= 4 is 37.4 Å². The number of nitrogens with zero attached hydrogens (tertiary/aromatic N) is 2. The van der Waals surface area contributed by atoms with Gasteiger partial charge in [-0.3, -0.25) is 0 Å². The van der Waals surface area contributed by atoms with E-state index in [0.29, 0.717) is 11.8 Å². The van der Waals surface area contributed by atoms with Gasteiger partial charge in [-0.1, -0.05) is 41.1 Å². The second-order valence-corrected chi connectivity index (χ2v) is 5.98. The van der Waals surface area contributed by atoms with E-state index in [2.05, 4.69) is 50.6 Å². The predicted octanol–water partition coefficient (Wildman–Crippen LogP) is 4.80. The molecule has 0 aliphatic heterocycles. The lowest BCUT2D eigenvalue weighted by atomic mass is 10.2. The molecule has 0 fully saturated rings. The van der Waals surface area contributed by atoms with E-state index in [1.165, 1.54) is 10.1 Å². The topological polar surface area (TPSA) is 38.9 Å². The van der Waals surface area contributed by atoms with Crippen molar-refractivity contribution in [3.8, 4) is 11.5 Å². The van der Waals surface area contributed by atoms with Gasteiger partial charge in [-0.15, -0.1) is 21.5 Å². The van der Waals surface area contributed by atoms with E-state index in [9.17, 15) is 0 Å². The van der Waals surface area contributed by atoms with E-state index in [1.807, 2.05) is 12.1 Å². The number of hydrogen-bond acceptors (Lipinski definition) is 4. The van der Waals surface area contributed by atoms with Crippen molar-refractivity contribution in [2.45, 2.75) is 18.2 Å². The van der Waals surface area contributed by atoms with E-state index in [0.717, 1.165) is 12.0 Å². The molecule has 0 radical (unpaired) electrons. The summed E-state index contributed by atoms with van der Waals surface area (Å²) in [6.07, 6.45) is 0.923. The van der Waals surface area contributed by atoms with Gasteiger partial charge in [0.1, 0.15) is 0 Å². The number of alkyl halides is 1. The zero-order valence-corrected chi connectivity index (χ0v) is 12.2. The van der Waals surface area contributed by atoms with Crippen molar-refractivity contribution in [3.63, 3.8) is 0 Å². The van der Waals surface area contributed by atoms with Gasteiger partial charge in [0.25, 0.3) is 0 Å². The largest absolute Gasteiger partial charge is 0.419 e. The van der Waals surface area contributed by atoms with Crippen LogP contribution in [-0.4, -0.2) is 10.2 Å². The molecule has 1 atom stereocenters. The van der Waals surface area contributed by atoms with Crippen molar-refractivity contribution in [2.75, 3.05) is 0 Å². The van der Waals surface area contributed by atoms with Gasteiger partial charge in [-0.05, 0) is 12.5 Å². The monoisotopic (exact) mass is 322 g/mol. The van der Waals surface area contributed by atoms with Gasteiger partial charge < -0.3 is 4.42 Å². The Morgan fingerprint density at radius 3 is 3.00 bits per heavy atom. The summed E-state index contributed by atoms with van der Waals surface area (Å²) in [5, 5.41) is 11.5. The minimum Gasteiger partial charge on any atom is -0.419 e. The minimum absolute atomic E-state index is 0.128. The van der Waals surface area contributed by atoms with Crippen molar-refractivity contribution < 1.29 is 4.42 Å². The van der Waals surface area contributed by atoms with Crippen LogP contribution in [0.2, 0.25) is 0 Å². The van der Waals surface area contributed by atoms with Gasteiger partial charge >= 0.3 is 0 Å². The summed E-state index contributed by atoms with van der Waals surface area (Å²) in [6.45, 7) is 2.07. The Balaban J connectivity index is 2.07. The van der Waals surface area contributed by atoms with E-state index in [1.54, 1.807) is 11.3 Å². The van der Waals surface area contributed by atoms with Gasteiger partial charge in [-0.2, -0.15) is 0 Å². The highest BCUT2D eigenvalue weighted by atomic mass is 79.9. The quantitative estimate of drug-likeness (QED) is 0.650. The molecule has 0 saturated carbocycles. The zero-order chi connectivity index (χ0) is 12.5. The molecule has 0 amide bonds. The highest BCUT2D eigenvalue weighted by molar-refractivity contribution is 9.09. The number of hydrogen-bond donors (Lipinski definition) is 0. The summed E-state index contributed by atoms with van der Waals surface area (Å²) in [6, 6.07) is 8.24. The molecule has 18 heavy (non-hydrogen) atoms. The summed E-state index contributed by atoms with van der Waals surface area (Å²) >= 11 is 5.21. The van der Waals surface area contributed by atoms with Crippen LogP contribution in [0.3, 0.4) is 0 Å². The molecule has 1 aromatic carbocycles. The molecular formula is C13H11BrN2OS. The van der Waals surface area contributed by atoms with Crippen molar-refractivity contribution in [2.24, 2.45) is 0 Å². The van der Waals surface area contributed by atoms with Crippen LogP contribution < -0.4 is 0 Å². The SMILES string of the molecule is CCC(Br)c1nnc(-c2csc3ccccc23)o1. The Morgan fingerprint density at radius 1 is 1.33 bits per heavy atom. The molecule has 3 rings (SSSR count). The van der Waals surface area contributed by atoms with Gasteiger partial charge in [0.05, 0.1) is 10.4 Å². The second kappa shape index (κ2) is 4.82. The number of aromatic nitrogens is 2. The molecule has 0 bridgehead atoms. The number of benzene rings is 1. The average Bonchev–Trinajstić information content (AvgIpc) is 3.03. The summed E-state index contributed by atoms with van der Waals surface area (Å²) in [5.41, 5.74) is 1.02. The maximum Gasteiger partial charge on any atom is 0.249 e. The van der Waals surface area contributed by atoms with Crippen molar-refractivity contribution in [1.29, 1.82) is 0 Å². The summed E-state index contributed by atoms with van der Waals surface area (Å²) in [4.78, 5) is 0.128. The molecular weight excluding hydrogens is 312 g/mol. The highest BCUT2D eigenvalue weighted by Crippen LogP contribution is 2.34. The average molecular weight is 323 g/mol. The molecule has 3 nitrogen and oxygen atoms in total. The highest BCUT2D eigenvalue weighted by Gasteiger charge is 2.16. The summed E-state index contributed by atoms with van der Waals surface area (Å²) < 4.78 is 6.96. The third-order valence-electron chi connectivity index (χ3n) is 2.78. The van der Waals surface area contributed by atoms with Crippen LogP contribution in [0, 0.1) is 0 Å². The molecule has 0 saturated heterocycles. The van der Waals surface area contributed by atoms with Crippen LogP contribution in [-0.2, 0) is 0 Å². The fourth-order valence-corrected chi connectivity index (χ4v) is 2.91. The molecule has 0 spiro atoms. The third kappa shape index (κ3) is 1.97. The minimum atomic E-state index is 0.128. The van der Waals surface area contributed by atoms with Crippen LogP contribution in [0.15, 0.2) is 34.1 Å². The van der Waals surface area contributed by atoms with E-state index in [4.69, 9.17) is 4.42 Å². The molecule has 5 heteroatoms. The Bertz CT molecular complexity index is 676. The van der Waals surface area contributed by atoms with E-state index in [-0.39, 0.29) is 4.83 Å². The van der Waals surface area contributed by atoms with Crippen LogP contribution in [0.1, 0.15) is 24.1 Å². The molecule has 0 N–H and O–H groups in total. The maximum absolute atomic E-state index is 5.73. The van der Waals surface area contributed by atoms with Crippen LogP contribution >= 0.6 is 27.3 Å². The third-order valence-corrected chi connectivity index (χ3v) is 4.78. The Kier molecular flexibility index (Phi) is 3.18. The number of thiophene rings is 1. The van der Waals surface area contributed by atoms with Crippen LogP contribution in [0.5, 0.6) is 0 Å². The molecule has 1 unspecified atom stereocenters. The number of halogens is 1. The molecule has 92 valence electrons. The smallest absolute Gasteiger partial charge is 0.249 e. The zero-order valence-electron chi connectivity index (χ0n) is 9.76.